The van der Waals surface area contributed by atoms with Crippen molar-refractivity contribution in [2.75, 3.05) is 0 Å². The van der Waals surface area contributed by atoms with Crippen LogP contribution in [0.2, 0.25) is 44.4 Å². The van der Waals surface area contributed by atoms with Gasteiger partial charge in [0.1, 0.15) is 0 Å². The van der Waals surface area contributed by atoms with Gasteiger partial charge in [0.25, 0.3) is 0 Å². The molecule has 0 aliphatic rings. The molecule has 0 saturated carbocycles. The second kappa shape index (κ2) is 4.66. The van der Waals surface area contributed by atoms with E-state index in [0.29, 0.717) is 3.93 Å². The predicted molar refractivity (Wildman–Crippen MR) is 66.9 cm³/mol. The zero-order chi connectivity index (χ0) is 10.9. The van der Waals surface area contributed by atoms with Crippen molar-refractivity contribution in [3.63, 3.8) is 0 Å². The molecule has 1 N–H and O–H groups in total. The summed E-state index contributed by atoms with van der Waals surface area (Å²) in [5.74, 6) is 0. The molecule has 0 saturated heterocycles. The molecule has 0 amide bonds. The zero-order valence-corrected chi connectivity index (χ0v) is 14.2. The van der Waals surface area contributed by atoms with Crippen LogP contribution in [-0.2, 0) is 0 Å². The van der Waals surface area contributed by atoms with Crippen molar-refractivity contribution in [2.45, 2.75) is 57.5 Å². The number of hydrogen-bond donors (Lipinski definition) is 1. The molecule has 2 unspecified atom stereocenters. The van der Waals surface area contributed by atoms with E-state index in [9.17, 15) is 5.11 Å². The van der Waals surface area contributed by atoms with Crippen molar-refractivity contribution in [1.29, 1.82) is 0 Å². The molecule has 0 rings (SSSR count). The van der Waals surface area contributed by atoms with E-state index in [1.807, 2.05) is 6.92 Å². The Bertz CT molecular complexity index is 155. The Hall–Kier alpha value is 0.976. The fraction of sp³-hybridized carbons (Fsp3) is 1.00. The molecule has 3 heteroatoms. The summed E-state index contributed by atoms with van der Waals surface area (Å²) in [6.07, 6.45) is -0.0810. The fourth-order valence-corrected chi connectivity index (χ4v) is 18.8. The first-order chi connectivity index (χ1) is 5.54. The van der Waals surface area contributed by atoms with E-state index >= 15 is 0 Å². The van der Waals surface area contributed by atoms with Crippen LogP contribution in [0.1, 0.15) is 6.92 Å². The SMILES string of the molecule is CC(O)[CH](C[Si](C)(C)C)[Sn]([CH3])([CH3])[CH3]. The molecule has 2 atom stereocenters. The molecule has 0 aromatic heterocycles. The Balaban J connectivity index is 4.47. The van der Waals surface area contributed by atoms with Crippen LogP contribution < -0.4 is 0 Å². The third-order valence-corrected chi connectivity index (χ3v) is 13.7. The van der Waals surface area contributed by atoms with Gasteiger partial charge in [0.2, 0.25) is 0 Å². The Kier molecular flexibility index (Phi) is 5.01. The summed E-state index contributed by atoms with van der Waals surface area (Å²) < 4.78 is 0.654. The molecular weight excluding hydrogens is 283 g/mol. The molecule has 0 spiro atoms. The van der Waals surface area contributed by atoms with Gasteiger partial charge in [-0.05, 0) is 0 Å². The third kappa shape index (κ3) is 6.12. The van der Waals surface area contributed by atoms with Gasteiger partial charge in [-0.15, -0.1) is 0 Å². The van der Waals surface area contributed by atoms with Gasteiger partial charge in [-0.2, -0.15) is 0 Å². The van der Waals surface area contributed by atoms with Crippen LogP contribution in [0.15, 0.2) is 0 Å². The van der Waals surface area contributed by atoms with E-state index in [2.05, 4.69) is 34.5 Å². The molecule has 0 heterocycles. The molecule has 0 bridgehead atoms. The maximum atomic E-state index is 9.79. The van der Waals surface area contributed by atoms with Crippen LogP contribution in [0.25, 0.3) is 0 Å². The summed E-state index contributed by atoms with van der Waals surface area (Å²) in [6.45, 7) is 9.19. The van der Waals surface area contributed by atoms with Gasteiger partial charge in [0.15, 0.2) is 0 Å². The molecule has 0 aliphatic heterocycles. The fourth-order valence-electron chi connectivity index (χ4n) is 1.86. The van der Waals surface area contributed by atoms with Crippen LogP contribution >= 0.6 is 0 Å². The summed E-state index contributed by atoms with van der Waals surface area (Å²) >= 11 is -1.89. The van der Waals surface area contributed by atoms with Gasteiger partial charge in [0.05, 0.1) is 0 Å². The van der Waals surface area contributed by atoms with E-state index in [0.717, 1.165) is 0 Å². The topological polar surface area (TPSA) is 20.2 Å². The Labute approximate surface area is 88.8 Å². The average Bonchev–Trinajstić information content (AvgIpc) is 1.77. The third-order valence-electron chi connectivity index (χ3n) is 2.53. The Morgan fingerprint density at radius 3 is 1.62 bits per heavy atom. The Morgan fingerprint density at radius 1 is 1.15 bits per heavy atom. The van der Waals surface area contributed by atoms with Crippen LogP contribution in [-0.4, -0.2) is 37.7 Å². The molecule has 0 aromatic rings. The summed E-state index contributed by atoms with van der Waals surface area (Å²) in [5.41, 5.74) is 0. The van der Waals surface area contributed by atoms with Crippen molar-refractivity contribution in [2.24, 2.45) is 0 Å². The van der Waals surface area contributed by atoms with Crippen molar-refractivity contribution in [3.05, 3.63) is 0 Å². The second-order valence-corrected chi connectivity index (χ2v) is 27.6. The van der Waals surface area contributed by atoms with Crippen LogP contribution in [0.4, 0.5) is 0 Å². The van der Waals surface area contributed by atoms with Gasteiger partial charge >= 0.3 is 89.0 Å². The number of aliphatic hydroxyl groups excluding tert-OH is 1. The molecule has 80 valence electrons. The first-order valence-electron chi connectivity index (χ1n) is 5.22. The quantitative estimate of drug-likeness (QED) is 0.789. The Morgan fingerprint density at radius 2 is 1.54 bits per heavy atom. The zero-order valence-electron chi connectivity index (χ0n) is 10.3. The van der Waals surface area contributed by atoms with Crippen molar-refractivity contribution in [3.8, 4) is 0 Å². The van der Waals surface area contributed by atoms with Crippen molar-refractivity contribution in [1.82, 2.24) is 0 Å². The van der Waals surface area contributed by atoms with Crippen molar-refractivity contribution < 1.29 is 5.11 Å². The molecule has 0 radical (unpaired) electrons. The minimum atomic E-state index is -1.89. The summed E-state index contributed by atoms with van der Waals surface area (Å²) in [6, 6.07) is 1.31. The van der Waals surface area contributed by atoms with E-state index in [1.165, 1.54) is 6.04 Å². The minimum absolute atomic E-state index is 0.0810. The van der Waals surface area contributed by atoms with Gasteiger partial charge in [-0.25, -0.2) is 0 Å². The normalized spacial score (nSPS) is 18.5. The maximum absolute atomic E-state index is 9.79. The summed E-state index contributed by atoms with van der Waals surface area (Å²) in [5, 5.41) is 9.79. The van der Waals surface area contributed by atoms with Crippen LogP contribution in [0.5, 0.6) is 0 Å². The summed E-state index contributed by atoms with van der Waals surface area (Å²) in [4.78, 5) is 7.31. The number of rotatable bonds is 4. The van der Waals surface area contributed by atoms with E-state index in [1.54, 1.807) is 0 Å². The van der Waals surface area contributed by atoms with Crippen LogP contribution in [0, 0.1) is 0 Å². The van der Waals surface area contributed by atoms with Crippen LogP contribution in [0.3, 0.4) is 0 Å². The van der Waals surface area contributed by atoms with Crippen molar-refractivity contribution >= 4 is 26.5 Å². The van der Waals surface area contributed by atoms with Gasteiger partial charge in [-0.3, -0.25) is 0 Å². The summed E-state index contributed by atoms with van der Waals surface area (Å²) in [7, 11) is -1.00. The predicted octanol–water partition coefficient (Wildman–Crippen LogP) is 3.41. The van der Waals surface area contributed by atoms with Gasteiger partial charge in [0, 0.05) is 0 Å². The average molecular weight is 309 g/mol. The first-order valence-corrected chi connectivity index (χ1v) is 19.1. The molecule has 0 aromatic carbocycles. The number of aliphatic hydroxyl groups is 1. The first kappa shape index (κ1) is 14.0. The second-order valence-electron chi connectivity index (χ2n) is 6.48. The van der Waals surface area contributed by atoms with Gasteiger partial charge in [-0.1, -0.05) is 0 Å². The number of hydrogen-bond acceptors (Lipinski definition) is 1. The molecule has 13 heavy (non-hydrogen) atoms. The van der Waals surface area contributed by atoms with E-state index in [4.69, 9.17) is 0 Å². The molecular formula is C10H26OSiSn. The molecule has 1 nitrogen and oxygen atoms in total. The van der Waals surface area contributed by atoms with Gasteiger partial charge < -0.3 is 0 Å². The molecule has 0 fully saturated rings. The molecule has 0 aliphatic carbocycles. The van der Waals surface area contributed by atoms with E-state index in [-0.39, 0.29) is 6.10 Å². The standard InChI is InChI=1S/C7H17OSi.3CH3.Sn/c1-7(8)5-6-9(2,3)4;;;;/h5,7-8H,6H2,1-4H3;3*1H3;. The monoisotopic (exact) mass is 310 g/mol. The van der Waals surface area contributed by atoms with E-state index < -0.39 is 26.5 Å².